The molecule has 0 radical (unpaired) electrons. The number of hydrogen-bond acceptors (Lipinski definition) is 4. The lowest BCUT2D eigenvalue weighted by atomic mass is 10.0. The fourth-order valence-corrected chi connectivity index (χ4v) is 2.31. The Hall–Kier alpha value is -1.72. The van der Waals surface area contributed by atoms with Crippen LogP contribution in [0.25, 0.3) is 0 Å². The van der Waals surface area contributed by atoms with Gasteiger partial charge in [-0.15, -0.1) is 0 Å². The van der Waals surface area contributed by atoms with Crippen LogP contribution in [-0.2, 0) is 7.05 Å². The maximum Gasteiger partial charge on any atom is 0.329 e. The number of hydrogen-bond donors (Lipinski definition) is 3. The molecule has 1 aliphatic rings. The molecule has 1 aromatic heterocycles. The van der Waals surface area contributed by atoms with Crippen LogP contribution in [-0.4, -0.2) is 16.1 Å². The Kier molecular flexibility index (Phi) is 3.19. The molecule has 100 valence electrons. The van der Waals surface area contributed by atoms with E-state index in [0.29, 0.717) is 11.1 Å². The third-order valence-corrected chi connectivity index (χ3v) is 3.75. The maximum absolute atomic E-state index is 11.7. The zero-order valence-electron chi connectivity index (χ0n) is 10.9. The van der Waals surface area contributed by atoms with E-state index in [1.54, 1.807) is 0 Å². The summed E-state index contributed by atoms with van der Waals surface area (Å²) < 4.78 is 1.24. The van der Waals surface area contributed by atoms with E-state index >= 15 is 0 Å². The Labute approximate surface area is 105 Å². The van der Waals surface area contributed by atoms with Gasteiger partial charge in [-0.05, 0) is 24.7 Å². The van der Waals surface area contributed by atoms with Crippen molar-refractivity contribution in [2.24, 2.45) is 12.5 Å². The van der Waals surface area contributed by atoms with Crippen molar-refractivity contribution in [3.05, 3.63) is 20.8 Å². The number of nitrogen functional groups attached to an aromatic ring is 1. The largest absolute Gasteiger partial charge is 0.383 e. The third-order valence-electron chi connectivity index (χ3n) is 3.75. The maximum atomic E-state index is 11.7. The van der Waals surface area contributed by atoms with E-state index in [4.69, 9.17) is 5.73 Å². The average Bonchev–Trinajstić information content (AvgIpc) is 3.07. The molecule has 0 bridgehead atoms. The van der Waals surface area contributed by atoms with Gasteiger partial charge >= 0.3 is 5.69 Å². The summed E-state index contributed by atoms with van der Waals surface area (Å²) in [6, 6.07) is 0. The van der Waals surface area contributed by atoms with Gasteiger partial charge in [0.1, 0.15) is 11.5 Å². The first-order chi connectivity index (χ1) is 8.49. The molecule has 0 aromatic carbocycles. The smallest absolute Gasteiger partial charge is 0.329 e. The second-order valence-electron chi connectivity index (χ2n) is 5.18. The molecule has 0 saturated heterocycles. The van der Waals surface area contributed by atoms with Crippen LogP contribution in [0.15, 0.2) is 9.59 Å². The number of H-pyrrole nitrogens is 1. The molecule has 2 rings (SSSR count). The van der Waals surface area contributed by atoms with Crippen LogP contribution in [0.4, 0.5) is 11.5 Å². The van der Waals surface area contributed by atoms with Gasteiger partial charge in [0, 0.05) is 13.6 Å². The predicted molar refractivity (Wildman–Crippen MR) is 71.8 cm³/mol. The summed E-state index contributed by atoms with van der Waals surface area (Å²) in [5, 5.41) is 3.11. The highest BCUT2D eigenvalue weighted by atomic mass is 16.2. The first-order valence-electron chi connectivity index (χ1n) is 6.32. The first kappa shape index (κ1) is 12.7. The van der Waals surface area contributed by atoms with Gasteiger partial charge < -0.3 is 11.1 Å². The monoisotopic (exact) mass is 252 g/mol. The molecule has 6 nitrogen and oxygen atoms in total. The Morgan fingerprint density at radius 2 is 2.11 bits per heavy atom. The number of nitrogens with two attached hydrogens (primary N) is 1. The molecule has 1 heterocycles. The summed E-state index contributed by atoms with van der Waals surface area (Å²) in [4.78, 5) is 25.3. The molecular formula is C12H20N4O2. The fourth-order valence-electron chi connectivity index (χ4n) is 2.31. The molecule has 0 amide bonds. The van der Waals surface area contributed by atoms with Gasteiger partial charge in [0.05, 0.1) is 0 Å². The second kappa shape index (κ2) is 4.51. The minimum Gasteiger partial charge on any atom is -0.383 e. The van der Waals surface area contributed by atoms with Crippen molar-refractivity contribution in [1.82, 2.24) is 9.55 Å². The van der Waals surface area contributed by atoms with Gasteiger partial charge in [-0.25, -0.2) is 4.79 Å². The van der Waals surface area contributed by atoms with E-state index in [1.807, 2.05) is 0 Å². The normalized spacial score (nSPS) is 16.6. The molecule has 1 aromatic rings. The zero-order chi connectivity index (χ0) is 13.3. The van der Waals surface area contributed by atoms with E-state index in [2.05, 4.69) is 17.2 Å². The van der Waals surface area contributed by atoms with Gasteiger partial charge in [0.15, 0.2) is 0 Å². The molecule has 1 fully saturated rings. The highest BCUT2D eigenvalue weighted by Crippen LogP contribution is 2.49. The first-order valence-corrected chi connectivity index (χ1v) is 6.32. The van der Waals surface area contributed by atoms with Crippen molar-refractivity contribution in [3.63, 3.8) is 0 Å². The van der Waals surface area contributed by atoms with E-state index in [-0.39, 0.29) is 5.82 Å². The molecule has 0 aliphatic heterocycles. The summed E-state index contributed by atoms with van der Waals surface area (Å²) in [6.45, 7) is 2.90. The highest BCUT2D eigenvalue weighted by Gasteiger charge is 2.41. The zero-order valence-corrected chi connectivity index (χ0v) is 10.9. The third kappa shape index (κ3) is 2.27. The minimum absolute atomic E-state index is 0.191. The molecule has 0 atom stereocenters. The second-order valence-corrected chi connectivity index (χ2v) is 5.18. The number of nitrogens with zero attached hydrogens (tertiary/aromatic N) is 1. The van der Waals surface area contributed by atoms with Crippen molar-refractivity contribution < 1.29 is 0 Å². The van der Waals surface area contributed by atoms with E-state index in [1.165, 1.54) is 24.5 Å². The van der Waals surface area contributed by atoms with Crippen molar-refractivity contribution in [3.8, 4) is 0 Å². The van der Waals surface area contributed by atoms with Gasteiger partial charge in [-0.3, -0.25) is 14.3 Å². The van der Waals surface area contributed by atoms with Crippen molar-refractivity contribution in [1.29, 1.82) is 0 Å². The number of aromatic amines is 1. The lowest BCUT2D eigenvalue weighted by Crippen LogP contribution is -2.33. The summed E-state index contributed by atoms with van der Waals surface area (Å²) in [5.41, 5.74) is 5.49. The number of rotatable bonds is 5. The molecule has 1 saturated carbocycles. The summed E-state index contributed by atoms with van der Waals surface area (Å²) in [7, 11) is 1.54. The number of aromatic nitrogens is 2. The fraction of sp³-hybridized carbons (Fsp3) is 0.667. The number of nitrogens with one attached hydrogen (secondary N) is 2. The Bertz CT molecular complexity index is 554. The van der Waals surface area contributed by atoms with Crippen molar-refractivity contribution in [2.45, 2.75) is 32.6 Å². The van der Waals surface area contributed by atoms with Gasteiger partial charge in [-0.1, -0.05) is 13.3 Å². The van der Waals surface area contributed by atoms with E-state index in [9.17, 15) is 9.59 Å². The Balaban J connectivity index is 2.18. The average molecular weight is 252 g/mol. The van der Waals surface area contributed by atoms with Crippen LogP contribution < -0.4 is 22.3 Å². The molecule has 0 unspecified atom stereocenters. The van der Waals surface area contributed by atoms with Crippen LogP contribution in [0.3, 0.4) is 0 Å². The molecule has 18 heavy (non-hydrogen) atoms. The quantitative estimate of drug-likeness (QED) is 0.717. The standard InChI is InChI=1S/C12H20N4O2/c1-3-4-12(5-6-12)7-14-8-9(13)16(2)11(18)15-10(8)17/h14H,3-7,13H2,1-2H3,(H,15,17,18). The number of anilines is 2. The predicted octanol–water partition coefficient (Wildman–Crippen LogP) is 0.648. The van der Waals surface area contributed by atoms with E-state index < -0.39 is 11.2 Å². The van der Waals surface area contributed by atoms with Crippen LogP contribution >= 0.6 is 0 Å². The molecular weight excluding hydrogens is 232 g/mol. The SMILES string of the molecule is CCCC1(CNc2c(N)n(C)c(=O)[nH]c2=O)CC1. The summed E-state index contributed by atoms with van der Waals surface area (Å²) in [6.07, 6.45) is 4.68. The van der Waals surface area contributed by atoms with Crippen molar-refractivity contribution >= 4 is 11.5 Å². The Morgan fingerprint density at radius 1 is 1.44 bits per heavy atom. The molecule has 1 aliphatic carbocycles. The molecule has 0 spiro atoms. The van der Waals surface area contributed by atoms with Crippen LogP contribution in [0.5, 0.6) is 0 Å². The van der Waals surface area contributed by atoms with E-state index in [0.717, 1.165) is 19.4 Å². The lowest BCUT2D eigenvalue weighted by Gasteiger charge is -2.17. The minimum atomic E-state index is -0.488. The lowest BCUT2D eigenvalue weighted by molar-refractivity contribution is 0.485. The van der Waals surface area contributed by atoms with Gasteiger partial charge in [-0.2, -0.15) is 0 Å². The molecule has 4 N–H and O–H groups in total. The van der Waals surface area contributed by atoms with Gasteiger partial charge in [0.25, 0.3) is 5.56 Å². The van der Waals surface area contributed by atoms with Crippen LogP contribution in [0.2, 0.25) is 0 Å². The summed E-state index contributed by atoms with van der Waals surface area (Å²) >= 11 is 0. The van der Waals surface area contributed by atoms with Gasteiger partial charge in [0.2, 0.25) is 0 Å². The molecule has 6 heteroatoms. The Morgan fingerprint density at radius 3 is 2.67 bits per heavy atom. The van der Waals surface area contributed by atoms with Crippen LogP contribution in [0.1, 0.15) is 32.6 Å². The topological polar surface area (TPSA) is 92.9 Å². The van der Waals surface area contributed by atoms with Crippen LogP contribution in [0, 0.1) is 5.41 Å². The summed E-state index contributed by atoms with van der Waals surface area (Å²) in [5.74, 6) is 0.191. The van der Waals surface area contributed by atoms with Crippen molar-refractivity contribution in [2.75, 3.05) is 17.6 Å². The highest BCUT2D eigenvalue weighted by molar-refractivity contribution is 5.60.